The second-order valence-corrected chi connectivity index (χ2v) is 6.63. The van der Waals surface area contributed by atoms with Gasteiger partial charge in [-0.05, 0) is 48.5 Å². The predicted octanol–water partition coefficient (Wildman–Crippen LogP) is 3.50. The van der Waals surface area contributed by atoms with E-state index in [1.807, 2.05) is 0 Å². The van der Waals surface area contributed by atoms with Gasteiger partial charge in [-0.3, -0.25) is 25.1 Å². The third kappa shape index (κ3) is 3.48. The standard InChI is InChI=1S/C20H13ClN4O4/c21-13-3-1-4-17(11-13)24-20(27)18(19(26)22-24)12-16-5-2-10-23(16)14-6-8-15(9-7-14)25(28)29/h1-12H,(H,22,26)/b18-12+. The van der Waals surface area contributed by atoms with Gasteiger partial charge in [0.15, 0.2) is 0 Å². The maximum Gasteiger partial charge on any atom is 0.282 e. The van der Waals surface area contributed by atoms with Crippen LogP contribution in [0, 0.1) is 10.1 Å². The Hall–Kier alpha value is -3.91. The van der Waals surface area contributed by atoms with E-state index in [1.54, 1.807) is 59.3 Å². The third-order valence-corrected chi connectivity index (χ3v) is 4.60. The average Bonchev–Trinajstić information content (AvgIpc) is 3.28. The molecular weight excluding hydrogens is 396 g/mol. The molecule has 144 valence electrons. The number of non-ortho nitro benzene ring substituents is 1. The molecule has 0 bridgehead atoms. The van der Waals surface area contributed by atoms with Crippen LogP contribution in [0.1, 0.15) is 5.69 Å². The maximum atomic E-state index is 12.8. The number of benzene rings is 2. The largest absolute Gasteiger partial charge is 0.317 e. The zero-order chi connectivity index (χ0) is 20.5. The summed E-state index contributed by atoms with van der Waals surface area (Å²) in [5, 5.41) is 12.4. The first-order valence-corrected chi connectivity index (χ1v) is 8.87. The minimum Gasteiger partial charge on any atom is -0.317 e. The van der Waals surface area contributed by atoms with Crippen molar-refractivity contribution in [3.8, 4) is 5.69 Å². The number of rotatable bonds is 4. The van der Waals surface area contributed by atoms with Crippen molar-refractivity contribution >= 4 is 40.9 Å². The normalized spacial score (nSPS) is 15.1. The van der Waals surface area contributed by atoms with Crippen LogP contribution in [-0.2, 0) is 9.59 Å². The molecule has 2 heterocycles. The number of nitro benzene ring substituents is 1. The van der Waals surface area contributed by atoms with Crippen LogP contribution in [0.2, 0.25) is 5.02 Å². The highest BCUT2D eigenvalue weighted by Crippen LogP contribution is 2.25. The Morgan fingerprint density at radius 3 is 2.45 bits per heavy atom. The molecule has 0 saturated carbocycles. The lowest BCUT2D eigenvalue weighted by molar-refractivity contribution is -0.384. The van der Waals surface area contributed by atoms with E-state index in [0.29, 0.717) is 22.1 Å². The molecule has 8 nitrogen and oxygen atoms in total. The number of nitrogens with zero attached hydrogens (tertiary/aromatic N) is 3. The van der Waals surface area contributed by atoms with Gasteiger partial charge in [-0.1, -0.05) is 17.7 Å². The van der Waals surface area contributed by atoms with E-state index in [-0.39, 0.29) is 11.3 Å². The zero-order valence-electron chi connectivity index (χ0n) is 14.8. The van der Waals surface area contributed by atoms with Crippen molar-refractivity contribution in [2.75, 3.05) is 5.01 Å². The molecular formula is C20H13ClN4O4. The highest BCUT2D eigenvalue weighted by Gasteiger charge is 2.34. The van der Waals surface area contributed by atoms with Crippen LogP contribution >= 0.6 is 11.6 Å². The van der Waals surface area contributed by atoms with E-state index >= 15 is 0 Å². The van der Waals surface area contributed by atoms with Crippen molar-refractivity contribution < 1.29 is 14.5 Å². The van der Waals surface area contributed by atoms with Gasteiger partial charge in [0.1, 0.15) is 5.57 Å². The molecule has 9 heteroatoms. The zero-order valence-corrected chi connectivity index (χ0v) is 15.5. The number of amides is 2. The quantitative estimate of drug-likeness (QED) is 0.309. The molecule has 3 aromatic rings. The fraction of sp³-hybridized carbons (Fsp3) is 0. The van der Waals surface area contributed by atoms with E-state index < -0.39 is 16.7 Å². The molecule has 1 aliphatic rings. The number of hydrogen-bond donors (Lipinski definition) is 1. The SMILES string of the molecule is O=C1NN(c2cccc(Cl)c2)C(=O)/C1=C/c1cccn1-c1ccc([N+](=O)[O-])cc1. The van der Waals surface area contributed by atoms with Crippen molar-refractivity contribution in [3.63, 3.8) is 0 Å². The summed E-state index contributed by atoms with van der Waals surface area (Å²) in [5.41, 5.74) is 4.14. The van der Waals surface area contributed by atoms with E-state index in [2.05, 4.69) is 5.43 Å². The number of hydrogen-bond acceptors (Lipinski definition) is 4. The Morgan fingerprint density at radius 2 is 1.76 bits per heavy atom. The molecule has 1 saturated heterocycles. The molecule has 0 unspecified atom stereocenters. The van der Waals surface area contributed by atoms with Crippen molar-refractivity contribution in [2.45, 2.75) is 0 Å². The minimum atomic E-state index is -0.536. The van der Waals surface area contributed by atoms with Crippen LogP contribution in [0.15, 0.2) is 72.4 Å². The van der Waals surface area contributed by atoms with Crippen molar-refractivity contribution in [1.29, 1.82) is 0 Å². The monoisotopic (exact) mass is 408 g/mol. The third-order valence-electron chi connectivity index (χ3n) is 4.37. The molecule has 0 radical (unpaired) electrons. The lowest BCUT2D eigenvalue weighted by Crippen LogP contribution is -2.35. The fourth-order valence-corrected chi connectivity index (χ4v) is 3.17. The Bertz CT molecular complexity index is 1170. The second kappa shape index (κ2) is 7.25. The summed E-state index contributed by atoms with van der Waals surface area (Å²) >= 11 is 5.97. The summed E-state index contributed by atoms with van der Waals surface area (Å²) in [6.07, 6.45) is 3.21. The van der Waals surface area contributed by atoms with Crippen LogP contribution in [0.25, 0.3) is 11.8 Å². The molecule has 1 N–H and O–H groups in total. The van der Waals surface area contributed by atoms with Gasteiger partial charge in [0.25, 0.3) is 17.5 Å². The number of halogens is 1. The number of hydrazine groups is 1. The van der Waals surface area contributed by atoms with E-state index in [0.717, 1.165) is 5.01 Å². The van der Waals surface area contributed by atoms with Gasteiger partial charge in [0, 0.05) is 34.7 Å². The Kier molecular flexibility index (Phi) is 4.61. The first-order chi connectivity index (χ1) is 13.9. The summed E-state index contributed by atoms with van der Waals surface area (Å²) in [4.78, 5) is 35.5. The van der Waals surface area contributed by atoms with Gasteiger partial charge in [-0.15, -0.1) is 0 Å². The average molecular weight is 409 g/mol. The number of nitrogens with one attached hydrogen (secondary N) is 1. The van der Waals surface area contributed by atoms with Crippen LogP contribution < -0.4 is 10.4 Å². The molecule has 0 atom stereocenters. The molecule has 29 heavy (non-hydrogen) atoms. The lowest BCUT2D eigenvalue weighted by Gasteiger charge is -2.14. The predicted molar refractivity (Wildman–Crippen MR) is 107 cm³/mol. The Labute approximate surface area is 169 Å². The Balaban J connectivity index is 1.67. The number of carbonyl (C=O) groups excluding carboxylic acids is 2. The second-order valence-electron chi connectivity index (χ2n) is 6.20. The lowest BCUT2D eigenvalue weighted by atomic mass is 10.2. The first-order valence-electron chi connectivity index (χ1n) is 8.49. The fourth-order valence-electron chi connectivity index (χ4n) is 2.98. The van der Waals surface area contributed by atoms with Gasteiger partial charge >= 0.3 is 0 Å². The van der Waals surface area contributed by atoms with Crippen LogP contribution in [0.3, 0.4) is 0 Å². The van der Waals surface area contributed by atoms with Gasteiger partial charge in [0.2, 0.25) is 0 Å². The molecule has 1 aromatic heterocycles. The molecule has 2 amide bonds. The molecule has 2 aromatic carbocycles. The van der Waals surface area contributed by atoms with Crippen LogP contribution in [0.4, 0.5) is 11.4 Å². The molecule has 0 aliphatic carbocycles. The van der Waals surface area contributed by atoms with Crippen LogP contribution in [-0.4, -0.2) is 21.3 Å². The molecule has 1 fully saturated rings. The van der Waals surface area contributed by atoms with E-state index in [4.69, 9.17) is 11.6 Å². The summed E-state index contributed by atoms with van der Waals surface area (Å²) in [5.74, 6) is -1.04. The van der Waals surface area contributed by atoms with Crippen molar-refractivity contribution in [2.24, 2.45) is 0 Å². The summed E-state index contributed by atoms with van der Waals surface area (Å²) < 4.78 is 1.72. The number of aromatic nitrogens is 1. The van der Waals surface area contributed by atoms with Crippen LogP contribution in [0.5, 0.6) is 0 Å². The summed E-state index contributed by atoms with van der Waals surface area (Å²) in [6, 6.07) is 16.0. The van der Waals surface area contributed by atoms with Crippen molar-refractivity contribution in [3.05, 3.63) is 93.3 Å². The highest BCUT2D eigenvalue weighted by molar-refractivity contribution is 6.33. The van der Waals surface area contributed by atoms with E-state index in [9.17, 15) is 19.7 Å². The number of anilines is 1. The highest BCUT2D eigenvalue weighted by atomic mass is 35.5. The van der Waals surface area contributed by atoms with Gasteiger partial charge in [-0.2, -0.15) is 0 Å². The minimum absolute atomic E-state index is 0.0247. The number of carbonyl (C=O) groups is 2. The van der Waals surface area contributed by atoms with Crippen molar-refractivity contribution in [1.82, 2.24) is 9.99 Å². The van der Waals surface area contributed by atoms with Gasteiger partial charge in [0.05, 0.1) is 10.6 Å². The molecule has 1 aliphatic heterocycles. The first kappa shape index (κ1) is 18.5. The molecule has 0 spiro atoms. The molecule has 4 rings (SSSR count). The van der Waals surface area contributed by atoms with Gasteiger partial charge in [-0.25, -0.2) is 5.01 Å². The van der Waals surface area contributed by atoms with E-state index in [1.165, 1.54) is 18.2 Å². The topological polar surface area (TPSA) is 97.5 Å². The smallest absolute Gasteiger partial charge is 0.282 e. The maximum absolute atomic E-state index is 12.8. The number of nitro groups is 1. The summed E-state index contributed by atoms with van der Waals surface area (Å²) in [6.45, 7) is 0. The Morgan fingerprint density at radius 1 is 1.00 bits per heavy atom. The summed E-state index contributed by atoms with van der Waals surface area (Å²) in [7, 11) is 0. The van der Waals surface area contributed by atoms with Gasteiger partial charge < -0.3 is 4.57 Å².